The number of benzene rings is 1. The third-order valence-corrected chi connectivity index (χ3v) is 5.05. The molecule has 5 heteroatoms. The lowest BCUT2D eigenvalue weighted by atomic mass is 9.94. The molecule has 4 nitrogen and oxygen atoms in total. The van der Waals surface area contributed by atoms with Gasteiger partial charge in [-0.05, 0) is 43.4 Å². The fraction of sp³-hybridized carbons (Fsp3) is 0.556. The molecule has 2 atom stereocenters. The van der Waals surface area contributed by atoms with Crippen LogP contribution in [0.2, 0.25) is 0 Å². The van der Waals surface area contributed by atoms with Gasteiger partial charge in [-0.25, -0.2) is 4.39 Å². The van der Waals surface area contributed by atoms with Gasteiger partial charge in [-0.2, -0.15) is 0 Å². The minimum absolute atomic E-state index is 0.0591. The van der Waals surface area contributed by atoms with Crippen molar-refractivity contribution >= 4 is 11.8 Å². The summed E-state index contributed by atoms with van der Waals surface area (Å²) in [7, 11) is 1.79. The molecule has 0 saturated carbocycles. The van der Waals surface area contributed by atoms with Crippen molar-refractivity contribution in [2.75, 3.05) is 20.1 Å². The van der Waals surface area contributed by atoms with Gasteiger partial charge in [-0.15, -0.1) is 0 Å². The van der Waals surface area contributed by atoms with Crippen LogP contribution in [-0.2, 0) is 16.0 Å². The Bertz CT molecular complexity index is 587. The van der Waals surface area contributed by atoms with E-state index < -0.39 is 0 Å². The number of amides is 2. The molecule has 0 unspecified atom stereocenters. The van der Waals surface area contributed by atoms with E-state index in [9.17, 15) is 14.0 Å². The van der Waals surface area contributed by atoms with Crippen LogP contribution in [0.3, 0.4) is 0 Å². The van der Waals surface area contributed by atoms with Gasteiger partial charge in [0.05, 0.1) is 0 Å². The van der Waals surface area contributed by atoms with Crippen LogP contribution in [0.25, 0.3) is 0 Å². The Morgan fingerprint density at radius 2 is 1.96 bits per heavy atom. The van der Waals surface area contributed by atoms with Gasteiger partial charge >= 0.3 is 0 Å². The van der Waals surface area contributed by atoms with E-state index in [1.807, 2.05) is 4.90 Å². The molecular formula is C18H23FN2O2. The zero-order valence-electron chi connectivity index (χ0n) is 13.5. The maximum atomic E-state index is 13.0. The van der Waals surface area contributed by atoms with Crippen molar-refractivity contribution in [3.05, 3.63) is 35.6 Å². The van der Waals surface area contributed by atoms with Crippen molar-refractivity contribution in [1.82, 2.24) is 9.80 Å². The first kappa shape index (κ1) is 16.0. The molecule has 2 heterocycles. The second kappa shape index (κ2) is 6.69. The van der Waals surface area contributed by atoms with Crippen LogP contribution in [-0.4, -0.2) is 47.8 Å². The van der Waals surface area contributed by atoms with Crippen LogP contribution in [0.1, 0.15) is 31.2 Å². The smallest absolute Gasteiger partial charge is 0.226 e. The van der Waals surface area contributed by atoms with Gasteiger partial charge in [0, 0.05) is 38.5 Å². The largest absolute Gasteiger partial charge is 0.346 e. The lowest BCUT2D eigenvalue weighted by Gasteiger charge is -2.33. The minimum Gasteiger partial charge on any atom is -0.346 e. The van der Waals surface area contributed by atoms with Crippen molar-refractivity contribution < 1.29 is 14.0 Å². The summed E-state index contributed by atoms with van der Waals surface area (Å²) < 4.78 is 13.0. The van der Waals surface area contributed by atoms with Gasteiger partial charge in [-0.1, -0.05) is 12.1 Å². The predicted molar refractivity (Wildman–Crippen MR) is 85.2 cm³/mol. The topological polar surface area (TPSA) is 40.6 Å². The average molecular weight is 318 g/mol. The van der Waals surface area contributed by atoms with Crippen LogP contribution < -0.4 is 0 Å². The van der Waals surface area contributed by atoms with Gasteiger partial charge in [0.1, 0.15) is 5.82 Å². The van der Waals surface area contributed by atoms with Crippen molar-refractivity contribution in [2.24, 2.45) is 5.92 Å². The predicted octanol–water partition coefficient (Wildman–Crippen LogP) is 2.23. The minimum atomic E-state index is -0.238. The highest BCUT2D eigenvalue weighted by Crippen LogP contribution is 2.27. The number of hydrogen-bond acceptors (Lipinski definition) is 2. The quantitative estimate of drug-likeness (QED) is 0.857. The highest BCUT2D eigenvalue weighted by molar-refractivity contribution is 5.87. The fourth-order valence-electron chi connectivity index (χ4n) is 3.62. The maximum absolute atomic E-state index is 13.0. The summed E-state index contributed by atoms with van der Waals surface area (Å²) in [5.74, 6) is -0.231. The second-order valence-corrected chi connectivity index (χ2v) is 6.66. The van der Waals surface area contributed by atoms with E-state index >= 15 is 0 Å². The van der Waals surface area contributed by atoms with Gasteiger partial charge in [0.15, 0.2) is 0 Å². The Morgan fingerprint density at radius 3 is 2.65 bits per heavy atom. The molecule has 0 spiro atoms. The molecule has 0 radical (unpaired) electrons. The zero-order valence-corrected chi connectivity index (χ0v) is 13.5. The van der Waals surface area contributed by atoms with Crippen molar-refractivity contribution in [3.63, 3.8) is 0 Å². The number of carbonyl (C=O) groups is 2. The summed E-state index contributed by atoms with van der Waals surface area (Å²) in [6.45, 7) is 1.43. The van der Waals surface area contributed by atoms with E-state index in [0.29, 0.717) is 13.0 Å². The molecule has 1 aromatic carbocycles. The van der Waals surface area contributed by atoms with Crippen molar-refractivity contribution in [2.45, 2.75) is 38.1 Å². The average Bonchev–Trinajstić information content (AvgIpc) is 2.99. The Hall–Kier alpha value is -1.91. The molecule has 23 heavy (non-hydrogen) atoms. The van der Waals surface area contributed by atoms with E-state index in [1.54, 1.807) is 24.1 Å². The molecular weight excluding hydrogens is 295 g/mol. The van der Waals surface area contributed by atoms with E-state index in [2.05, 4.69) is 0 Å². The first-order valence-corrected chi connectivity index (χ1v) is 8.33. The summed E-state index contributed by atoms with van der Waals surface area (Å²) in [4.78, 5) is 28.3. The molecule has 2 saturated heterocycles. The van der Waals surface area contributed by atoms with Crippen LogP contribution in [0, 0.1) is 11.7 Å². The summed E-state index contributed by atoms with van der Waals surface area (Å²) >= 11 is 0. The molecule has 124 valence electrons. The summed E-state index contributed by atoms with van der Waals surface area (Å²) in [5.41, 5.74) is 1.05. The number of piperidine rings is 1. The normalized spacial score (nSPS) is 25.0. The van der Waals surface area contributed by atoms with Crippen molar-refractivity contribution in [1.29, 1.82) is 0 Å². The molecule has 0 N–H and O–H groups in total. The van der Waals surface area contributed by atoms with Gasteiger partial charge in [0.2, 0.25) is 11.8 Å². The molecule has 1 aromatic rings. The molecule has 2 aliphatic heterocycles. The van der Waals surface area contributed by atoms with Gasteiger partial charge in [0.25, 0.3) is 0 Å². The van der Waals surface area contributed by atoms with Gasteiger partial charge < -0.3 is 9.80 Å². The first-order valence-electron chi connectivity index (χ1n) is 8.33. The van der Waals surface area contributed by atoms with Crippen LogP contribution in [0.15, 0.2) is 24.3 Å². The van der Waals surface area contributed by atoms with E-state index in [4.69, 9.17) is 0 Å². The summed E-state index contributed by atoms with van der Waals surface area (Å²) in [5, 5.41) is 0. The molecule has 2 aliphatic rings. The SMILES string of the molecule is CN1CC[C@H](C(=O)N2CCC[C@H]2Cc2ccc(F)cc2)CC1=O. The molecule has 2 fully saturated rings. The zero-order chi connectivity index (χ0) is 16.4. The molecule has 3 rings (SSSR count). The summed E-state index contributed by atoms with van der Waals surface area (Å²) in [6, 6.07) is 6.67. The highest BCUT2D eigenvalue weighted by Gasteiger charge is 2.36. The molecule has 2 amide bonds. The Labute approximate surface area is 136 Å². The Morgan fingerprint density at radius 1 is 1.22 bits per heavy atom. The molecule has 0 aromatic heterocycles. The lowest BCUT2D eigenvalue weighted by molar-refractivity contribution is -0.144. The monoisotopic (exact) mass is 318 g/mol. The number of halogens is 1. The number of nitrogens with zero attached hydrogens (tertiary/aromatic N) is 2. The van der Waals surface area contributed by atoms with Crippen LogP contribution in [0.4, 0.5) is 4.39 Å². The van der Waals surface area contributed by atoms with Crippen molar-refractivity contribution in [3.8, 4) is 0 Å². The number of carbonyl (C=O) groups excluding carboxylic acids is 2. The summed E-state index contributed by atoms with van der Waals surface area (Å²) in [6.07, 6.45) is 3.81. The molecule has 0 aliphatic carbocycles. The third-order valence-electron chi connectivity index (χ3n) is 5.05. The van der Waals surface area contributed by atoms with E-state index in [0.717, 1.165) is 37.8 Å². The maximum Gasteiger partial charge on any atom is 0.226 e. The Balaban J connectivity index is 1.65. The Kier molecular flexibility index (Phi) is 4.64. The van der Waals surface area contributed by atoms with Crippen LogP contribution >= 0.6 is 0 Å². The van der Waals surface area contributed by atoms with Crippen LogP contribution in [0.5, 0.6) is 0 Å². The lowest BCUT2D eigenvalue weighted by Crippen LogP contribution is -2.45. The van der Waals surface area contributed by atoms with Gasteiger partial charge in [-0.3, -0.25) is 9.59 Å². The number of likely N-dealkylation sites (tertiary alicyclic amines) is 2. The van der Waals surface area contributed by atoms with E-state index in [1.165, 1.54) is 12.1 Å². The second-order valence-electron chi connectivity index (χ2n) is 6.66. The fourth-order valence-corrected chi connectivity index (χ4v) is 3.62. The third kappa shape index (κ3) is 3.54. The standard InChI is InChI=1S/C18H23FN2O2/c1-20-10-8-14(12-17(20)22)18(23)21-9-2-3-16(21)11-13-4-6-15(19)7-5-13/h4-7,14,16H,2-3,8-12H2,1H3/t14-,16-/m0/s1. The first-order chi connectivity index (χ1) is 11.0. The number of rotatable bonds is 3. The molecule has 0 bridgehead atoms. The number of hydrogen-bond donors (Lipinski definition) is 0. The highest BCUT2D eigenvalue weighted by atomic mass is 19.1. The van der Waals surface area contributed by atoms with E-state index in [-0.39, 0.29) is 29.6 Å².